The lowest BCUT2D eigenvalue weighted by molar-refractivity contribution is 0.0893. The van der Waals surface area contributed by atoms with E-state index in [-0.39, 0.29) is 23.9 Å². The van der Waals surface area contributed by atoms with Crippen molar-refractivity contribution in [3.8, 4) is 5.75 Å². The van der Waals surface area contributed by atoms with Gasteiger partial charge >= 0.3 is 0 Å². The number of ether oxygens (including phenoxy) is 1. The molecule has 0 unspecified atom stereocenters. The lowest BCUT2D eigenvalue weighted by atomic mass is 10.1. The Morgan fingerprint density at radius 1 is 1.11 bits per heavy atom. The van der Waals surface area contributed by atoms with E-state index in [1.54, 1.807) is 36.4 Å². The Bertz CT molecular complexity index is 552. The summed E-state index contributed by atoms with van der Waals surface area (Å²) in [5.74, 6) is 0.683. The number of ketones is 2. The van der Waals surface area contributed by atoms with Crippen molar-refractivity contribution in [2.45, 2.75) is 13.3 Å². The number of benzene rings is 1. The predicted molar refractivity (Wildman–Crippen MR) is 69.6 cm³/mol. The van der Waals surface area contributed by atoms with Crippen molar-refractivity contribution in [3.63, 3.8) is 0 Å². The standard InChI is InChI=1S/C15H14O4/c1-2-13(16)11-5-7-12(8-6-11)19-10-14(17)15-4-3-9-18-15/h3-9H,2,10H2,1H3. The van der Waals surface area contributed by atoms with Gasteiger partial charge in [0.25, 0.3) is 0 Å². The monoisotopic (exact) mass is 258 g/mol. The van der Waals surface area contributed by atoms with Gasteiger partial charge in [0, 0.05) is 12.0 Å². The largest absolute Gasteiger partial charge is 0.485 e. The molecule has 19 heavy (non-hydrogen) atoms. The molecule has 0 saturated heterocycles. The second-order valence-corrected chi connectivity index (χ2v) is 3.99. The van der Waals surface area contributed by atoms with Crippen LogP contribution in [-0.4, -0.2) is 18.2 Å². The molecule has 0 aliphatic rings. The third-order valence-electron chi connectivity index (χ3n) is 2.66. The number of hydrogen-bond acceptors (Lipinski definition) is 4. The van der Waals surface area contributed by atoms with E-state index >= 15 is 0 Å². The molecule has 0 amide bonds. The average Bonchev–Trinajstić information content (AvgIpc) is 2.98. The number of hydrogen-bond donors (Lipinski definition) is 0. The minimum atomic E-state index is -0.223. The van der Waals surface area contributed by atoms with Gasteiger partial charge in [0.2, 0.25) is 5.78 Å². The molecule has 0 aliphatic heterocycles. The molecular weight excluding hydrogens is 244 g/mol. The van der Waals surface area contributed by atoms with Crippen molar-refractivity contribution in [2.75, 3.05) is 6.61 Å². The number of carbonyl (C=O) groups is 2. The Hall–Kier alpha value is -2.36. The molecule has 4 nitrogen and oxygen atoms in total. The van der Waals surface area contributed by atoms with Crippen LogP contribution in [0.3, 0.4) is 0 Å². The smallest absolute Gasteiger partial charge is 0.235 e. The molecule has 2 rings (SSSR count). The first-order chi connectivity index (χ1) is 9.20. The molecule has 0 N–H and O–H groups in total. The summed E-state index contributed by atoms with van der Waals surface area (Å²) >= 11 is 0. The van der Waals surface area contributed by atoms with Gasteiger partial charge in [0.1, 0.15) is 5.75 Å². The zero-order valence-corrected chi connectivity index (χ0v) is 10.6. The average molecular weight is 258 g/mol. The first kappa shape index (κ1) is 13.1. The highest BCUT2D eigenvalue weighted by molar-refractivity contribution is 5.96. The molecule has 0 atom stereocenters. The van der Waals surface area contributed by atoms with E-state index in [2.05, 4.69) is 0 Å². The van der Waals surface area contributed by atoms with Gasteiger partial charge in [-0.05, 0) is 36.4 Å². The lowest BCUT2D eigenvalue weighted by Gasteiger charge is -2.05. The van der Waals surface area contributed by atoms with Crippen LogP contribution in [0.15, 0.2) is 47.1 Å². The number of carbonyl (C=O) groups excluding carboxylic acids is 2. The van der Waals surface area contributed by atoms with Crippen molar-refractivity contribution in [1.29, 1.82) is 0 Å². The zero-order valence-electron chi connectivity index (χ0n) is 10.6. The SMILES string of the molecule is CCC(=O)c1ccc(OCC(=O)c2ccco2)cc1. The van der Waals surface area contributed by atoms with Crippen molar-refractivity contribution in [2.24, 2.45) is 0 Å². The van der Waals surface area contributed by atoms with Crippen LogP contribution >= 0.6 is 0 Å². The van der Waals surface area contributed by atoms with Gasteiger partial charge in [0.15, 0.2) is 18.2 Å². The Balaban J connectivity index is 1.93. The zero-order chi connectivity index (χ0) is 13.7. The predicted octanol–water partition coefficient (Wildman–Crippen LogP) is 3.13. The van der Waals surface area contributed by atoms with Crippen LogP contribution < -0.4 is 4.74 Å². The van der Waals surface area contributed by atoms with Gasteiger partial charge in [-0.1, -0.05) is 6.92 Å². The summed E-state index contributed by atoms with van der Waals surface area (Å²) in [6, 6.07) is 9.99. The van der Waals surface area contributed by atoms with Gasteiger partial charge in [-0.25, -0.2) is 0 Å². The molecule has 0 spiro atoms. The van der Waals surface area contributed by atoms with Gasteiger partial charge in [-0.3, -0.25) is 9.59 Å². The molecule has 1 aromatic carbocycles. The normalized spacial score (nSPS) is 10.2. The van der Waals surface area contributed by atoms with Crippen molar-refractivity contribution >= 4 is 11.6 Å². The number of furan rings is 1. The molecule has 0 saturated carbocycles. The molecule has 0 bridgehead atoms. The minimum Gasteiger partial charge on any atom is -0.485 e. The highest BCUT2D eigenvalue weighted by Crippen LogP contribution is 2.14. The van der Waals surface area contributed by atoms with Crippen LogP contribution in [0, 0.1) is 0 Å². The summed E-state index contributed by atoms with van der Waals surface area (Å²) in [7, 11) is 0. The number of rotatable bonds is 6. The first-order valence-corrected chi connectivity index (χ1v) is 6.03. The fraction of sp³-hybridized carbons (Fsp3) is 0.200. The summed E-state index contributed by atoms with van der Waals surface area (Å²) < 4.78 is 10.3. The summed E-state index contributed by atoms with van der Waals surface area (Å²) in [5, 5.41) is 0. The van der Waals surface area contributed by atoms with Gasteiger partial charge < -0.3 is 9.15 Å². The fourth-order valence-corrected chi connectivity index (χ4v) is 1.60. The lowest BCUT2D eigenvalue weighted by Crippen LogP contribution is -2.10. The molecule has 0 fully saturated rings. The molecule has 98 valence electrons. The van der Waals surface area contributed by atoms with E-state index in [1.165, 1.54) is 6.26 Å². The number of Topliss-reactive ketones (excluding diaryl/α,β-unsaturated/α-hetero) is 2. The van der Waals surface area contributed by atoms with Crippen LogP contribution in [0.25, 0.3) is 0 Å². The Morgan fingerprint density at radius 2 is 1.84 bits per heavy atom. The highest BCUT2D eigenvalue weighted by Gasteiger charge is 2.09. The van der Waals surface area contributed by atoms with Crippen LogP contribution in [0.5, 0.6) is 5.75 Å². The molecule has 2 aromatic rings. The van der Waals surface area contributed by atoms with Crippen LogP contribution in [0.2, 0.25) is 0 Å². The minimum absolute atomic E-state index is 0.0817. The van der Waals surface area contributed by atoms with Gasteiger partial charge in [-0.15, -0.1) is 0 Å². The summed E-state index contributed by atoms with van der Waals surface area (Å²) in [6.07, 6.45) is 1.91. The van der Waals surface area contributed by atoms with Crippen molar-refractivity contribution < 1.29 is 18.7 Å². The molecule has 1 heterocycles. The highest BCUT2D eigenvalue weighted by atomic mass is 16.5. The summed E-state index contributed by atoms with van der Waals surface area (Å²) in [4.78, 5) is 23.1. The van der Waals surface area contributed by atoms with Crippen molar-refractivity contribution in [3.05, 3.63) is 54.0 Å². The van der Waals surface area contributed by atoms with E-state index < -0.39 is 0 Å². The Morgan fingerprint density at radius 3 is 2.42 bits per heavy atom. The molecule has 4 heteroatoms. The van der Waals surface area contributed by atoms with E-state index in [4.69, 9.17) is 9.15 Å². The Kier molecular flexibility index (Phi) is 4.13. The summed E-state index contributed by atoms with van der Waals surface area (Å²) in [6.45, 7) is 1.73. The Labute approximate surface area is 111 Å². The van der Waals surface area contributed by atoms with E-state index in [9.17, 15) is 9.59 Å². The van der Waals surface area contributed by atoms with Gasteiger partial charge in [0.05, 0.1) is 6.26 Å². The van der Waals surface area contributed by atoms with Gasteiger partial charge in [-0.2, -0.15) is 0 Å². The second kappa shape index (κ2) is 6.00. The molecular formula is C15H14O4. The molecule has 0 radical (unpaired) electrons. The third kappa shape index (κ3) is 3.31. The fourth-order valence-electron chi connectivity index (χ4n) is 1.60. The van der Waals surface area contributed by atoms with E-state index in [1.807, 2.05) is 6.92 Å². The van der Waals surface area contributed by atoms with Crippen molar-refractivity contribution in [1.82, 2.24) is 0 Å². The maximum atomic E-state index is 11.6. The maximum absolute atomic E-state index is 11.6. The first-order valence-electron chi connectivity index (χ1n) is 6.03. The van der Waals surface area contributed by atoms with E-state index in [0.717, 1.165) is 0 Å². The topological polar surface area (TPSA) is 56.5 Å². The quantitative estimate of drug-likeness (QED) is 0.747. The summed E-state index contributed by atoms with van der Waals surface area (Å²) in [5.41, 5.74) is 0.646. The molecule has 0 aliphatic carbocycles. The third-order valence-corrected chi connectivity index (χ3v) is 2.66. The van der Waals surface area contributed by atoms with Crippen LogP contribution in [-0.2, 0) is 0 Å². The van der Waals surface area contributed by atoms with Crippen LogP contribution in [0.4, 0.5) is 0 Å². The van der Waals surface area contributed by atoms with Crippen LogP contribution in [0.1, 0.15) is 34.3 Å². The maximum Gasteiger partial charge on any atom is 0.235 e. The second-order valence-electron chi connectivity index (χ2n) is 3.99. The van der Waals surface area contributed by atoms with E-state index in [0.29, 0.717) is 17.7 Å². The molecule has 1 aromatic heterocycles.